The number of hydrogen-bond acceptors (Lipinski definition) is 1. The molecule has 0 unspecified atom stereocenters. The molecule has 0 spiro atoms. The summed E-state index contributed by atoms with van der Waals surface area (Å²) in [4.78, 5) is 11.2. The summed E-state index contributed by atoms with van der Waals surface area (Å²) in [7, 11) is 1.86. The van der Waals surface area contributed by atoms with Crippen LogP contribution < -0.4 is 0 Å². The first-order valence-electron chi connectivity index (χ1n) is 5.55. The SMILES string of the molecule is CCCc1cc(Br)c2c(c1)c(C(=O)O)cn2C. The van der Waals surface area contributed by atoms with Crippen molar-refractivity contribution in [3.05, 3.63) is 33.9 Å². The molecule has 0 aliphatic carbocycles. The van der Waals surface area contributed by atoms with Crippen molar-refractivity contribution < 1.29 is 9.90 Å². The molecule has 17 heavy (non-hydrogen) atoms. The van der Waals surface area contributed by atoms with Crippen LogP contribution >= 0.6 is 15.9 Å². The van der Waals surface area contributed by atoms with Gasteiger partial charge in [-0.2, -0.15) is 0 Å². The average Bonchev–Trinajstić information content (AvgIpc) is 2.57. The molecular formula is C13H14BrNO2. The van der Waals surface area contributed by atoms with Gasteiger partial charge < -0.3 is 9.67 Å². The number of aromatic nitrogens is 1. The van der Waals surface area contributed by atoms with E-state index in [4.69, 9.17) is 0 Å². The molecule has 90 valence electrons. The van der Waals surface area contributed by atoms with Crippen LogP contribution in [0.2, 0.25) is 0 Å². The summed E-state index contributed by atoms with van der Waals surface area (Å²) >= 11 is 3.52. The van der Waals surface area contributed by atoms with Gasteiger partial charge in [0.05, 0.1) is 11.1 Å². The number of carboxylic acids is 1. The fraction of sp³-hybridized carbons (Fsp3) is 0.308. The van der Waals surface area contributed by atoms with Crippen LogP contribution in [-0.2, 0) is 13.5 Å². The number of carbonyl (C=O) groups is 1. The van der Waals surface area contributed by atoms with Gasteiger partial charge in [0.25, 0.3) is 0 Å². The standard InChI is InChI=1S/C13H14BrNO2/c1-3-4-8-5-9-10(13(16)17)7-15(2)12(9)11(14)6-8/h5-7H,3-4H2,1-2H3,(H,16,17). The Balaban J connectivity index is 2.75. The average molecular weight is 296 g/mol. The number of halogens is 1. The highest BCUT2D eigenvalue weighted by molar-refractivity contribution is 9.10. The van der Waals surface area contributed by atoms with Crippen molar-refractivity contribution in [3.8, 4) is 0 Å². The van der Waals surface area contributed by atoms with Crippen LogP contribution in [0.4, 0.5) is 0 Å². The summed E-state index contributed by atoms with van der Waals surface area (Å²) in [6.07, 6.45) is 3.67. The Bertz CT molecular complexity index is 587. The van der Waals surface area contributed by atoms with Gasteiger partial charge in [0, 0.05) is 23.1 Å². The van der Waals surface area contributed by atoms with Crippen molar-refractivity contribution in [1.29, 1.82) is 0 Å². The molecule has 2 aromatic rings. The summed E-state index contributed by atoms with van der Waals surface area (Å²) in [6, 6.07) is 4.05. The number of benzene rings is 1. The van der Waals surface area contributed by atoms with Crippen LogP contribution in [0.5, 0.6) is 0 Å². The molecule has 3 nitrogen and oxygen atoms in total. The van der Waals surface area contributed by atoms with Crippen LogP contribution in [0.15, 0.2) is 22.8 Å². The van der Waals surface area contributed by atoms with E-state index in [9.17, 15) is 9.90 Å². The molecule has 0 amide bonds. The van der Waals surface area contributed by atoms with Gasteiger partial charge in [-0.25, -0.2) is 4.79 Å². The number of nitrogens with zero attached hydrogens (tertiary/aromatic N) is 1. The Morgan fingerprint density at radius 3 is 2.76 bits per heavy atom. The van der Waals surface area contributed by atoms with Gasteiger partial charge in [-0.1, -0.05) is 13.3 Å². The molecule has 0 bridgehead atoms. The Morgan fingerprint density at radius 1 is 1.47 bits per heavy atom. The summed E-state index contributed by atoms with van der Waals surface area (Å²) < 4.78 is 2.80. The quantitative estimate of drug-likeness (QED) is 0.940. The molecule has 0 aliphatic heterocycles. The third-order valence-corrected chi connectivity index (χ3v) is 3.46. The fourth-order valence-corrected chi connectivity index (χ4v) is 2.94. The van der Waals surface area contributed by atoms with E-state index in [1.807, 2.05) is 17.7 Å². The lowest BCUT2D eigenvalue weighted by atomic mass is 10.1. The topological polar surface area (TPSA) is 42.2 Å². The molecule has 1 aromatic carbocycles. The van der Waals surface area contributed by atoms with Crippen LogP contribution in [0.1, 0.15) is 29.3 Å². The second kappa shape index (κ2) is 4.53. The first kappa shape index (κ1) is 12.2. The van der Waals surface area contributed by atoms with E-state index in [0.717, 1.165) is 28.2 Å². The highest BCUT2D eigenvalue weighted by Crippen LogP contribution is 2.30. The fourth-order valence-electron chi connectivity index (χ4n) is 2.15. The Labute approximate surface area is 108 Å². The summed E-state index contributed by atoms with van der Waals surface area (Å²) in [5.41, 5.74) is 2.46. The second-order valence-electron chi connectivity index (χ2n) is 4.18. The molecule has 2 rings (SSSR count). The van der Waals surface area contributed by atoms with E-state index in [0.29, 0.717) is 5.56 Å². The number of rotatable bonds is 3. The zero-order valence-electron chi connectivity index (χ0n) is 9.83. The third kappa shape index (κ3) is 2.09. The van der Waals surface area contributed by atoms with E-state index in [1.165, 1.54) is 5.56 Å². The largest absolute Gasteiger partial charge is 0.478 e. The zero-order valence-corrected chi connectivity index (χ0v) is 11.4. The van der Waals surface area contributed by atoms with E-state index >= 15 is 0 Å². The Kier molecular flexibility index (Phi) is 3.24. The maximum absolute atomic E-state index is 11.2. The van der Waals surface area contributed by atoms with Gasteiger partial charge in [-0.05, 0) is 40.0 Å². The molecule has 0 aliphatic rings. The van der Waals surface area contributed by atoms with E-state index in [2.05, 4.69) is 28.9 Å². The highest BCUT2D eigenvalue weighted by Gasteiger charge is 2.15. The highest BCUT2D eigenvalue weighted by atomic mass is 79.9. The Hall–Kier alpha value is -1.29. The zero-order chi connectivity index (χ0) is 12.6. The summed E-state index contributed by atoms with van der Waals surface area (Å²) in [6.45, 7) is 2.11. The van der Waals surface area contributed by atoms with E-state index in [1.54, 1.807) is 6.20 Å². The van der Waals surface area contributed by atoms with E-state index < -0.39 is 5.97 Å². The molecule has 1 heterocycles. The minimum absolute atomic E-state index is 0.362. The first-order chi connectivity index (χ1) is 8.04. The number of fused-ring (bicyclic) bond motifs is 1. The molecule has 1 aromatic heterocycles. The Morgan fingerprint density at radius 2 is 2.18 bits per heavy atom. The van der Waals surface area contributed by atoms with Gasteiger partial charge >= 0.3 is 5.97 Å². The van der Waals surface area contributed by atoms with E-state index in [-0.39, 0.29) is 0 Å². The number of hydrogen-bond donors (Lipinski definition) is 1. The number of aromatic carboxylic acids is 1. The second-order valence-corrected chi connectivity index (χ2v) is 5.04. The molecule has 0 radical (unpaired) electrons. The monoisotopic (exact) mass is 295 g/mol. The molecule has 0 saturated carbocycles. The molecular weight excluding hydrogens is 282 g/mol. The van der Waals surface area contributed by atoms with Crippen molar-refractivity contribution in [1.82, 2.24) is 4.57 Å². The first-order valence-corrected chi connectivity index (χ1v) is 6.34. The van der Waals surface area contributed by atoms with Crippen LogP contribution in [0.3, 0.4) is 0 Å². The van der Waals surface area contributed by atoms with Gasteiger partial charge in [0.2, 0.25) is 0 Å². The predicted octanol–water partition coefficient (Wildman–Crippen LogP) is 3.59. The van der Waals surface area contributed by atoms with Crippen molar-refractivity contribution in [3.63, 3.8) is 0 Å². The summed E-state index contributed by atoms with van der Waals surface area (Å²) in [5.74, 6) is -0.879. The lowest BCUT2D eigenvalue weighted by molar-refractivity contribution is 0.0699. The third-order valence-electron chi connectivity index (χ3n) is 2.86. The minimum atomic E-state index is -0.879. The molecule has 4 heteroatoms. The predicted molar refractivity (Wildman–Crippen MR) is 71.6 cm³/mol. The molecule has 0 atom stereocenters. The van der Waals surface area contributed by atoms with Gasteiger partial charge in [0.15, 0.2) is 0 Å². The minimum Gasteiger partial charge on any atom is -0.478 e. The van der Waals surface area contributed by atoms with Crippen LogP contribution in [-0.4, -0.2) is 15.6 Å². The van der Waals surface area contributed by atoms with Crippen molar-refractivity contribution >= 4 is 32.8 Å². The van der Waals surface area contributed by atoms with Crippen LogP contribution in [0, 0.1) is 0 Å². The number of aryl methyl sites for hydroxylation is 2. The molecule has 1 N–H and O–H groups in total. The smallest absolute Gasteiger partial charge is 0.337 e. The molecule has 0 saturated heterocycles. The van der Waals surface area contributed by atoms with Crippen LogP contribution in [0.25, 0.3) is 10.9 Å². The van der Waals surface area contributed by atoms with Gasteiger partial charge in [0.1, 0.15) is 0 Å². The van der Waals surface area contributed by atoms with Gasteiger partial charge in [-0.3, -0.25) is 0 Å². The lowest BCUT2D eigenvalue weighted by Gasteiger charge is -2.04. The van der Waals surface area contributed by atoms with Crippen molar-refractivity contribution in [2.24, 2.45) is 7.05 Å². The van der Waals surface area contributed by atoms with Crippen molar-refractivity contribution in [2.45, 2.75) is 19.8 Å². The lowest BCUT2D eigenvalue weighted by Crippen LogP contribution is -1.94. The maximum atomic E-state index is 11.2. The number of carboxylic acid groups (broad SMARTS) is 1. The maximum Gasteiger partial charge on any atom is 0.337 e. The van der Waals surface area contributed by atoms with Crippen molar-refractivity contribution in [2.75, 3.05) is 0 Å². The summed E-state index contributed by atoms with van der Waals surface area (Å²) in [5, 5.41) is 9.98. The molecule has 0 fully saturated rings. The normalized spacial score (nSPS) is 11.0. The van der Waals surface area contributed by atoms with Gasteiger partial charge in [-0.15, -0.1) is 0 Å².